The topological polar surface area (TPSA) is 21.7 Å². The molecule has 0 saturated heterocycles. The maximum atomic E-state index is 9.75. The molecule has 0 amide bonds. The first-order chi connectivity index (χ1) is 10.6. The second-order valence-electron chi connectivity index (χ2n) is 6.63. The molecule has 0 bridgehead atoms. The molecule has 1 atom stereocenters. The highest BCUT2D eigenvalue weighted by molar-refractivity contribution is 6.50. The molecule has 23 heavy (non-hydrogen) atoms. The maximum Gasteiger partial charge on any atom is 0.673 e. The summed E-state index contributed by atoms with van der Waals surface area (Å²) in [5, 5.41) is 4.70. The van der Waals surface area contributed by atoms with Crippen molar-refractivity contribution in [1.82, 2.24) is 9.67 Å². The summed E-state index contributed by atoms with van der Waals surface area (Å²) in [6, 6.07) is 10.9. The zero-order chi connectivity index (χ0) is 17.3. The van der Waals surface area contributed by atoms with Crippen molar-refractivity contribution in [3.63, 3.8) is 0 Å². The van der Waals surface area contributed by atoms with Crippen molar-refractivity contribution in [2.24, 2.45) is 5.41 Å². The Morgan fingerprint density at radius 3 is 2.22 bits per heavy atom. The van der Waals surface area contributed by atoms with Crippen molar-refractivity contribution >= 4 is 7.25 Å². The molecule has 0 aliphatic carbocycles. The lowest BCUT2D eigenvalue weighted by Gasteiger charge is -2.23. The Balaban J connectivity index is 0.000000338. The van der Waals surface area contributed by atoms with Crippen LogP contribution in [0.2, 0.25) is 0 Å². The highest BCUT2D eigenvalue weighted by Crippen LogP contribution is 2.38. The molecular formula is C15H20BF4N3. The first-order valence-electron chi connectivity index (χ1n) is 7.48. The third-order valence-corrected chi connectivity index (χ3v) is 3.75. The van der Waals surface area contributed by atoms with E-state index in [2.05, 4.69) is 43.8 Å². The molecular weight excluding hydrogens is 309 g/mol. The van der Waals surface area contributed by atoms with Gasteiger partial charge in [0.25, 0.3) is 6.33 Å². The standard InChI is InChI=1S/C15H20N3.BF4/c1-15(2,3)13-9-10-14-16-18(11-17(13)14)12-7-5-4-6-8-12;2-1(3,4)5/h4-8,11,13H,9-10H2,1-3H3;/q+1;-1/t13-;/m1./s1. The van der Waals surface area contributed by atoms with Crippen LogP contribution in [0.4, 0.5) is 17.3 Å². The second kappa shape index (κ2) is 6.33. The molecule has 126 valence electrons. The Kier molecular flexibility index (Phi) is 4.82. The first kappa shape index (κ1) is 17.5. The molecule has 1 aliphatic rings. The molecule has 8 heteroatoms. The molecule has 0 unspecified atom stereocenters. The summed E-state index contributed by atoms with van der Waals surface area (Å²) in [6.45, 7) is 6.92. The molecule has 0 radical (unpaired) electrons. The van der Waals surface area contributed by atoms with Gasteiger partial charge in [0.05, 0.1) is 0 Å². The summed E-state index contributed by atoms with van der Waals surface area (Å²) >= 11 is 0. The van der Waals surface area contributed by atoms with Gasteiger partial charge >= 0.3 is 7.25 Å². The van der Waals surface area contributed by atoms with E-state index in [0.29, 0.717) is 11.5 Å². The van der Waals surface area contributed by atoms with Gasteiger partial charge in [-0.1, -0.05) is 39.0 Å². The van der Waals surface area contributed by atoms with Gasteiger partial charge < -0.3 is 17.3 Å². The van der Waals surface area contributed by atoms with E-state index < -0.39 is 7.25 Å². The molecule has 3 nitrogen and oxygen atoms in total. The van der Waals surface area contributed by atoms with Crippen molar-refractivity contribution in [3.05, 3.63) is 42.5 Å². The molecule has 0 N–H and O–H groups in total. The van der Waals surface area contributed by atoms with Crippen LogP contribution in [-0.4, -0.2) is 16.9 Å². The molecule has 0 spiro atoms. The van der Waals surface area contributed by atoms with Gasteiger partial charge in [-0.3, -0.25) is 0 Å². The lowest BCUT2D eigenvalue weighted by atomic mass is 9.85. The van der Waals surface area contributed by atoms with E-state index in [1.165, 1.54) is 12.2 Å². The number of benzene rings is 1. The minimum absolute atomic E-state index is 0.292. The van der Waals surface area contributed by atoms with Crippen LogP contribution in [0.15, 0.2) is 36.7 Å². The molecule has 1 aromatic carbocycles. The number of hydrogen-bond acceptors (Lipinski definition) is 1. The smallest absolute Gasteiger partial charge is 0.418 e. The summed E-state index contributed by atoms with van der Waals surface area (Å²) in [6.07, 6.45) is 4.44. The molecule has 0 saturated carbocycles. The summed E-state index contributed by atoms with van der Waals surface area (Å²) in [4.78, 5) is 0. The van der Waals surface area contributed by atoms with Gasteiger partial charge in [-0.05, 0) is 23.7 Å². The van der Waals surface area contributed by atoms with Crippen molar-refractivity contribution in [2.75, 3.05) is 0 Å². The Labute approximate surface area is 133 Å². The Hall–Kier alpha value is -1.86. The van der Waals surface area contributed by atoms with Gasteiger partial charge in [-0.2, -0.15) is 0 Å². The van der Waals surface area contributed by atoms with E-state index in [1.54, 1.807) is 0 Å². The third kappa shape index (κ3) is 4.81. The van der Waals surface area contributed by atoms with Gasteiger partial charge in [0.2, 0.25) is 5.82 Å². The number of para-hydroxylation sites is 1. The van der Waals surface area contributed by atoms with E-state index in [0.717, 1.165) is 12.1 Å². The Bertz CT molecular complexity index is 641. The average Bonchev–Trinajstić information content (AvgIpc) is 2.95. The van der Waals surface area contributed by atoms with Gasteiger partial charge in [-0.25, -0.2) is 4.57 Å². The SMILES string of the molecule is CC(C)(C)[C@H]1CCc2n[n+](-c3ccccc3)cn21.F[B-](F)(F)F. The Morgan fingerprint density at radius 2 is 1.70 bits per heavy atom. The van der Waals surface area contributed by atoms with Crippen molar-refractivity contribution < 1.29 is 21.9 Å². The fourth-order valence-electron chi connectivity index (χ4n) is 2.79. The third-order valence-electron chi connectivity index (χ3n) is 3.75. The van der Waals surface area contributed by atoms with Crippen LogP contribution in [0.3, 0.4) is 0 Å². The molecule has 0 fully saturated rings. The average molecular weight is 329 g/mol. The van der Waals surface area contributed by atoms with Crippen LogP contribution in [0.25, 0.3) is 5.69 Å². The van der Waals surface area contributed by atoms with Gasteiger partial charge in [0.15, 0.2) is 5.69 Å². The number of rotatable bonds is 1. The van der Waals surface area contributed by atoms with E-state index in [9.17, 15) is 17.3 Å². The quantitative estimate of drug-likeness (QED) is 0.440. The number of nitrogens with zero attached hydrogens (tertiary/aromatic N) is 3. The minimum Gasteiger partial charge on any atom is -0.418 e. The van der Waals surface area contributed by atoms with Crippen molar-refractivity contribution in [2.45, 2.75) is 39.7 Å². The lowest BCUT2D eigenvalue weighted by Crippen LogP contribution is -2.33. The monoisotopic (exact) mass is 329 g/mol. The van der Waals surface area contributed by atoms with Crippen molar-refractivity contribution in [1.29, 1.82) is 0 Å². The second-order valence-corrected chi connectivity index (χ2v) is 6.63. The van der Waals surface area contributed by atoms with Crippen molar-refractivity contribution in [3.8, 4) is 5.69 Å². The maximum absolute atomic E-state index is 9.75. The minimum atomic E-state index is -6.00. The number of hydrogen-bond donors (Lipinski definition) is 0. The van der Waals surface area contributed by atoms with Gasteiger partial charge in [0, 0.05) is 11.8 Å². The molecule has 1 aromatic heterocycles. The largest absolute Gasteiger partial charge is 0.673 e. The van der Waals surface area contributed by atoms with Crippen LogP contribution < -0.4 is 4.68 Å². The number of halogens is 4. The highest BCUT2D eigenvalue weighted by Gasteiger charge is 2.38. The summed E-state index contributed by atoms with van der Waals surface area (Å²) < 4.78 is 43.3. The summed E-state index contributed by atoms with van der Waals surface area (Å²) in [5.41, 5.74) is 1.42. The fourth-order valence-corrected chi connectivity index (χ4v) is 2.79. The number of aromatic nitrogens is 3. The van der Waals surface area contributed by atoms with E-state index in [-0.39, 0.29) is 0 Å². The summed E-state index contributed by atoms with van der Waals surface area (Å²) in [7, 11) is -6.00. The number of aryl methyl sites for hydroxylation is 1. The van der Waals surface area contributed by atoms with E-state index >= 15 is 0 Å². The first-order valence-corrected chi connectivity index (χ1v) is 7.48. The number of fused-ring (bicyclic) bond motifs is 1. The van der Waals surface area contributed by atoms with Gasteiger partial charge in [0.1, 0.15) is 6.04 Å². The molecule has 1 aliphatic heterocycles. The molecule has 2 aromatic rings. The zero-order valence-corrected chi connectivity index (χ0v) is 13.4. The van der Waals surface area contributed by atoms with Gasteiger partial charge in [-0.15, -0.1) is 4.68 Å². The van der Waals surface area contributed by atoms with E-state index in [1.807, 2.05) is 22.9 Å². The van der Waals surface area contributed by atoms with E-state index in [4.69, 9.17) is 5.10 Å². The van der Waals surface area contributed by atoms with Crippen LogP contribution >= 0.6 is 0 Å². The van der Waals surface area contributed by atoms with Crippen LogP contribution in [0, 0.1) is 5.41 Å². The normalized spacial score (nSPS) is 17.4. The lowest BCUT2D eigenvalue weighted by molar-refractivity contribution is -0.658. The molecule has 3 rings (SSSR count). The van der Waals surface area contributed by atoms with Crippen LogP contribution in [0.5, 0.6) is 0 Å². The predicted molar refractivity (Wildman–Crippen MR) is 80.8 cm³/mol. The Morgan fingerprint density at radius 1 is 1.13 bits per heavy atom. The zero-order valence-electron chi connectivity index (χ0n) is 13.4. The van der Waals surface area contributed by atoms with Crippen LogP contribution in [0.1, 0.15) is 39.1 Å². The molecule has 2 heterocycles. The highest BCUT2D eigenvalue weighted by atomic mass is 19.5. The summed E-state index contributed by atoms with van der Waals surface area (Å²) in [5.74, 6) is 1.21. The fraction of sp³-hybridized carbons (Fsp3) is 0.467. The van der Waals surface area contributed by atoms with Crippen LogP contribution in [-0.2, 0) is 6.42 Å². The predicted octanol–water partition coefficient (Wildman–Crippen LogP) is 3.99.